The molecule has 66 valence electrons. The van der Waals surface area contributed by atoms with E-state index in [1.165, 1.54) is 23.3 Å². The molecule has 1 heterocycles. The van der Waals surface area contributed by atoms with Crippen LogP contribution in [0, 0.1) is 0 Å². The number of nitrogens with zero attached hydrogens (tertiary/aromatic N) is 1. The molecule has 0 aliphatic heterocycles. The summed E-state index contributed by atoms with van der Waals surface area (Å²) in [5.41, 5.74) is 1.66. The van der Waals surface area contributed by atoms with Crippen LogP contribution in [-0.4, -0.2) is 15.9 Å². The third-order valence-corrected chi connectivity index (χ3v) is 3.12. The van der Waals surface area contributed by atoms with Crippen molar-refractivity contribution in [2.24, 2.45) is 0 Å². The number of thioether (sulfide) groups is 1. The van der Waals surface area contributed by atoms with E-state index in [0.29, 0.717) is 0 Å². The number of rotatable bonds is 1. The molecule has 0 bridgehead atoms. The smallest absolute Gasteiger partial charge is 0.250 e. The van der Waals surface area contributed by atoms with Crippen molar-refractivity contribution in [1.29, 1.82) is 0 Å². The second-order valence-corrected chi connectivity index (χ2v) is 4.02. The third-order valence-electron chi connectivity index (χ3n) is 1.72. The highest BCUT2D eigenvalue weighted by Gasteiger charge is 2.14. The molecule has 1 aromatic carbocycles. The zero-order valence-corrected chi connectivity index (χ0v) is 8.54. The SMILES string of the molecule is CSC(=O)c1cccc2[nH+]nsc12. The van der Waals surface area contributed by atoms with Crippen molar-refractivity contribution in [3.8, 4) is 0 Å². The van der Waals surface area contributed by atoms with Gasteiger partial charge in [0.2, 0.25) is 10.6 Å². The fraction of sp³-hybridized carbons (Fsp3) is 0.125. The molecule has 0 atom stereocenters. The van der Waals surface area contributed by atoms with Gasteiger partial charge < -0.3 is 0 Å². The maximum atomic E-state index is 11.5. The molecule has 0 saturated heterocycles. The summed E-state index contributed by atoms with van der Waals surface area (Å²) in [6.45, 7) is 0. The van der Waals surface area contributed by atoms with Crippen LogP contribution >= 0.6 is 23.3 Å². The summed E-state index contributed by atoms with van der Waals surface area (Å²) in [7, 11) is 0. The first-order chi connectivity index (χ1) is 6.33. The zero-order valence-electron chi connectivity index (χ0n) is 6.90. The molecule has 0 aliphatic rings. The molecule has 13 heavy (non-hydrogen) atoms. The Bertz CT molecular complexity index is 452. The molecule has 0 unspecified atom stereocenters. The lowest BCUT2D eigenvalue weighted by molar-refractivity contribution is -0.413. The van der Waals surface area contributed by atoms with Gasteiger partial charge in [-0.25, -0.2) is 0 Å². The first-order valence-electron chi connectivity index (χ1n) is 3.67. The van der Waals surface area contributed by atoms with E-state index in [9.17, 15) is 4.79 Å². The lowest BCUT2D eigenvalue weighted by Gasteiger charge is -1.93. The molecular formula is C8H7N2OS2+. The molecule has 0 saturated carbocycles. The van der Waals surface area contributed by atoms with E-state index < -0.39 is 0 Å². The van der Waals surface area contributed by atoms with Crippen LogP contribution in [0.4, 0.5) is 0 Å². The largest absolute Gasteiger partial charge is 0.282 e. The van der Waals surface area contributed by atoms with Crippen LogP contribution in [0.5, 0.6) is 0 Å². The standard InChI is InChI=1S/C8H6N2OS2/c1-12-8(11)5-3-2-4-6-7(5)13-10-9-6/h2-4H,1H3/p+1. The van der Waals surface area contributed by atoms with Crippen molar-refractivity contribution >= 4 is 38.6 Å². The minimum absolute atomic E-state index is 0.0863. The molecule has 0 aliphatic carbocycles. The minimum Gasteiger partial charge on any atom is -0.282 e. The summed E-state index contributed by atoms with van der Waals surface area (Å²) in [5, 5.41) is 2.93. The highest BCUT2D eigenvalue weighted by molar-refractivity contribution is 8.13. The Hall–Kier alpha value is -0.940. The van der Waals surface area contributed by atoms with E-state index in [-0.39, 0.29) is 5.12 Å². The fourth-order valence-corrected chi connectivity index (χ4v) is 2.27. The predicted molar refractivity (Wildman–Crippen MR) is 54.0 cm³/mol. The summed E-state index contributed by atoms with van der Waals surface area (Å²) in [4.78, 5) is 11.5. The lowest BCUT2D eigenvalue weighted by atomic mass is 10.2. The van der Waals surface area contributed by atoms with E-state index in [0.717, 1.165) is 15.8 Å². The Morgan fingerprint density at radius 3 is 3.23 bits per heavy atom. The predicted octanol–water partition coefficient (Wildman–Crippen LogP) is 1.61. The van der Waals surface area contributed by atoms with E-state index >= 15 is 0 Å². The molecule has 0 radical (unpaired) electrons. The summed E-state index contributed by atoms with van der Waals surface area (Å²) < 4.78 is 4.87. The maximum Gasteiger partial charge on any atom is 0.250 e. The molecule has 3 nitrogen and oxygen atoms in total. The van der Waals surface area contributed by atoms with Gasteiger partial charge >= 0.3 is 0 Å². The molecule has 5 heteroatoms. The Morgan fingerprint density at radius 2 is 2.46 bits per heavy atom. The maximum absolute atomic E-state index is 11.5. The number of hydrogen-bond donors (Lipinski definition) is 0. The molecule has 0 fully saturated rings. The van der Waals surface area contributed by atoms with Crippen LogP contribution in [0.3, 0.4) is 0 Å². The highest BCUT2D eigenvalue weighted by atomic mass is 32.2. The average molecular weight is 211 g/mol. The van der Waals surface area contributed by atoms with Gasteiger partial charge in [-0.2, -0.15) is 0 Å². The Morgan fingerprint density at radius 1 is 1.62 bits per heavy atom. The molecular weight excluding hydrogens is 204 g/mol. The molecule has 0 amide bonds. The van der Waals surface area contributed by atoms with E-state index in [1.54, 1.807) is 6.26 Å². The summed E-state index contributed by atoms with van der Waals surface area (Å²) in [6.07, 6.45) is 1.78. The van der Waals surface area contributed by atoms with Gasteiger partial charge in [0.1, 0.15) is 4.70 Å². The number of fused-ring (bicyclic) bond motifs is 1. The van der Waals surface area contributed by atoms with Gasteiger partial charge in [-0.15, -0.1) is 0 Å². The molecule has 0 spiro atoms. The van der Waals surface area contributed by atoms with Crippen molar-refractivity contribution in [3.05, 3.63) is 23.8 Å². The minimum atomic E-state index is 0.0863. The van der Waals surface area contributed by atoms with Gasteiger partial charge in [0, 0.05) is 17.6 Å². The fourth-order valence-electron chi connectivity index (χ4n) is 1.11. The molecule has 2 aromatic rings. The number of H-pyrrole nitrogens is 1. The Labute approximate surface area is 83.3 Å². The van der Waals surface area contributed by atoms with Gasteiger partial charge in [0.15, 0.2) is 0 Å². The average Bonchev–Trinajstić information content (AvgIpc) is 2.63. The van der Waals surface area contributed by atoms with Crippen molar-refractivity contribution < 1.29 is 9.89 Å². The summed E-state index contributed by atoms with van der Waals surface area (Å²) in [6, 6.07) is 5.60. The Balaban J connectivity index is 2.67. The second kappa shape index (κ2) is 3.43. The van der Waals surface area contributed by atoms with Crippen LogP contribution < -0.4 is 5.10 Å². The van der Waals surface area contributed by atoms with Crippen LogP contribution in [0.2, 0.25) is 0 Å². The van der Waals surface area contributed by atoms with Gasteiger partial charge in [0.25, 0.3) is 0 Å². The van der Waals surface area contributed by atoms with E-state index in [4.69, 9.17) is 0 Å². The number of benzene rings is 1. The third kappa shape index (κ3) is 1.45. The molecule has 1 N–H and O–H groups in total. The first-order valence-corrected chi connectivity index (χ1v) is 5.67. The lowest BCUT2D eigenvalue weighted by Crippen LogP contribution is -2.00. The second-order valence-electron chi connectivity index (χ2n) is 2.47. The van der Waals surface area contributed by atoms with Gasteiger partial charge in [-0.1, -0.05) is 22.9 Å². The topological polar surface area (TPSA) is 44.1 Å². The van der Waals surface area contributed by atoms with Crippen molar-refractivity contribution in [1.82, 2.24) is 4.49 Å². The van der Waals surface area contributed by atoms with Crippen LogP contribution in [-0.2, 0) is 0 Å². The van der Waals surface area contributed by atoms with Crippen LogP contribution in [0.15, 0.2) is 18.2 Å². The van der Waals surface area contributed by atoms with E-state index in [1.807, 2.05) is 18.2 Å². The van der Waals surface area contributed by atoms with Crippen molar-refractivity contribution in [3.63, 3.8) is 0 Å². The number of hydrogen-bond acceptors (Lipinski definition) is 4. The normalized spacial score (nSPS) is 10.5. The van der Waals surface area contributed by atoms with Gasteiger partial charge in [-0.05, 0) is 12.3 Å². The van der Waals surface area contributed by atoms with Gasteiger partial charge in [0.05, 0.1) is 10.1 Å². The Kier molecular flexibility index (Phi) is 2.28. The summed E-state index contributed by atoms with van der Waals surface area (Å²) >= 11 is 2.54. The summed E-state index contributed by atoms with van der Waals surface area (Å²) in [5.74, 6) is 0. The van der Waals surface area contributed by atoms with Crippen molar-refractivity contribution in [2.75, 3.05) is 6.26 Å². The number of carbonyl (C=O) groups is 1. The molecule has 2 rings (SSSR count). The number of aromatic amines is 1. The quantitative estimate of drug-likeness (QED) is 0.720. The van der Waals surface area contributed by atoms with Crippen LogP contribution in [0.25, 0.3) is 10.2 Å². The van der Waals surface area contributed by atoms with E-state index in [2.05, 4.69) is 9.59 Å². The number of aromatic nitrogens is 2. The van der Waals surface area contributed by atoms with Crippen molar-refractivity contribution in [2.45, 2.75) is 0 Å². The van der Waals surface area contributed by atoms with Crippen LogP contribution in [0.1, 0.15) is 10.4 Å². The zero-order chi connectivity index (χ0) is 9.26. The monoisotopic (exact) mass is 211 g/mol. The molecule has 1 aromatic heterocycles. The number of carbonyl (C=O) groups excluding carboxylic acids is 1. The number of nitrogens with one attached hydrogen (secondary N) is 1. The first kappa shape index (κ1) is 8.65. The highest BCUT2D eigenvalue weighted by Crippen LogP contribution is 2.21. The van der Waals surface area contributed by atoms with Gasteiger partial charge in [-0.3, -0.25) is 4.79 Å².